The molecule has 0 aromatic carbocycles. The van der Waals surface area contributed by atoms with Crippen molar-refractivity contribution in [2.75, 3.05) is 26.0 Å². The van der Waals surface area contributed by atoms with Gasteiger partial charge in [-0.15, -0.1) is 11.3 Å². The predicted octanol–water partition coefficient (Wildman–Crippen LogP) is 2.44. The third-order valence-electron chi connectivity index (χ3n) is 5.97. The van der Waals surface area contributed by atoms with Crippen LogP contribution in [-0.2, 0) is 12.8 Å². The molecule has 0 radical (unpaired) electrons. The normalized spacial score (nSPS) is 20.1. The van der Waals surface area contributed by atoms with Crippen molar-refractivity contribution in [2.24, 2.45) is 0 Å². The highest BCUT2D eigenvalue weighted by Crippen LogP contribution is 2.39. The number of nitrogens with one attached hydrogen (secondary N) is 2. The average Bonchev–Trinajstić information content (AvgIpc) is 3.14. The monoisotopic (exact) mass is 331 g/mol. The number of nitrogens with zero attached hydrogens (tertiary/aromatic N) is 2. The average molecular weight is 332 g/mol. The van der Waals surface area contributed by atoms with E-state index in [1.807, 2.05) is 11.3 Å². The molecule has 4 nitrogen and oxygen atoms in total. The molecule has 124 valence electrons. The quantitative estimate of drug-likeness (QED) is 0.904. The van der Waals surface area contributed by atoms with E-state index in [1.54, 1.807) is 11.2 Å². The molecule has 1 fully saturated rings. The largest absolute Gasteiger partial charge is 0.363 e. The van der Waals surface area contributed by atoms with Crippen LogP contribution < -0.4 is 10.2 Å². The predicted molar refractivity (Wildman–Crippen MR) is 96.6 cm³/mol. The van der Waals surface area contributed by atoms with E-state index in [1.165, 1.54) is 72.0 Å². The highest BCUT2D eigenvalue weighted by Gasteiger charge is 2.38. The molecular weight excluding hydrogens is 304 g/mol. The first-order valence-electron chi connectivity index (χ1n) is 8.99. The highest BCUT2D eigenvalue weighted by molar-refractivity contribution is 7.19. The van der Waals surface area contributed by atoms with Crippen molar-refractivity contribution in [1.29, 1.82) is 0 Å². The summed E-state index contributed by atoms with van der Waals surface area (Å²) in [5.74, 6) is 1.07. The van der Waals surface area contributed by atoms with Crippen LogP contribution >= 0.6 is 11.3 Å². The zero-order chi connectivity index (χ0) is 15.9. The Balaban J connectivity index is 1.62. The van der Waals surface area contributed by atoms with Gasteiger partial charge in [-0.1, -0.05) is 6.42 Å². The van der Waals surface area contributed by atoms with Crippen molar-refractivity contribution < 1.29 is 4.90 Å². The van der Waals surface area contributed by atoms with Crippen LogP contribution in [0.4, 0.5) is 5.82 Å². The van der Waals surface area contributed by atoms with Gasteiger partial charge in [0, 0.05) is 17.7 Å². The summed E-state index contributed by atoms with van der Waals surface area (Å²) >= 11 is 1.87. The van der Waals surface area contributed by atoms with Gasteiger partial charge in [-0.25, -0.2) is 9.97 Å². The van der Waals surface area contributed by atoms with Crippen LogP contribution in [0.2, 0.25) is 0 Å². The van der Waals surface area contributed by atoms with Crippen LogP contribution in [0.25, 0.3) is 10.2 Å². The Bertz CT molecular complexity index is 700. The van der Waals surface area contributed by atoms with Crippen LogP contribution in [0, 0.1) is 0 Å². The maximum absolute atomic E-state index is 4.61. The smallest absolute Gasteiger partial charge is 0.138 e. The van der Waals surface area contributed by atoms with E-state index < -0.39 is 0 Å². The number of likely N-dealkylation sites (N-methyl/N-ethyl adjacent to an activating group) is 1. The molecule has 0 aliphatic heterocycles. The van der Waals surface area contributed by atoms with E-state index in [0.29, 0.717) is 5.54 Å². The Kier molecular flexibility index (Phi) is 4.01. The van der Waals surface area contributed by atoms with Crippen LogP contribution in [0.1, 0.15) is 49.0 Å². The second-order valence-electron chi connectivity index (χ2n) is 7.45. The van der Waals surface area contributed by atoms with Gasteiger partial charge < -0.3 is 10.2 Å². The molecule has 2 N–H and O–H groups in total. The van der Waals surface area contributed by atoms with Gasteiger partial charge in [-0.05, 0) is 37.7 Å². The van der Waals surface area contributed by atoms with Crippen molar-refractivity contribution >= 4 is 27.4 Å². The summed E-state index contributed by atoms with van der Waals surface area (Å²) < 4.78 is 0. The first kappa shape index (κ1) is 15.3. The zero-order valence-electron chi connectivity index (χ0n) is 14.2. The maximum atomic E-state index is 4.61. The fourth-order valence-electron chi connectivity index (χ4n) is 4.40. The van der Waals surface area contributed by atoms with E-state index in [-0.39, 0.29) is 0 Å². The minimum Gasteiger partial charge on any atom is -0.363 e. The van der Waals surface area contributed by atoms with Gasteiger partial charge in [-0.3, -0.25) is 0 Å². The topological polar surface area (TPSA) is 42.2 Å². The second-order valence-corrected chi connectivity index (χ2v) is 8.54. The number of aromatic nitrogens is 2. The Morgan fingerprint density at radius 3 is 2.74 bits per heavy atom. The van der Waals surface area contributed by atoms with Crippen LogP contribution in [0.5, 0.6) is 0 Å². The third kappa shape index (κ3) is 2.64. The molecule has 0 bridgehead atoms. The molecule has 2 aromatic rings. The summed E-state index contributed by atoms with van der Waals surface area (Å²) in [4.78, 5) is 13.4. The third-order valence-corrected chi connectivity index (χ3v) is 7.17. The fraction of sp³-hybridized carbons (Fsp3) is 0.667. The first-order chi connectivity index (χ1) is 11.2. The van der Waals surface area contributed by atoms with Crippen LogP contribution in [0.15, 0.2) is 6.33 Å². The van der Waals surface area contributed by atoms with Gasteiger partial charge >= 0.3 is 0 Å². The summed E-state index contributed by atoms with van der Waals surface area (Å²) in [6, 6.07) is 0. The summed E-state index contributed by atoms with van der Waals surface area (Å²) in [6.07, 6.45) is 12.2. The summed E-state index contributed by atoms with van der Waals surface area (Å²) in [5, 5.41) is 5.04. The Hall–Kier alpha value is -1.20. The van der Waals surface area contributed by atoms with E-state index in [0.717, 1.165) is 12.4 Å². The lowest BCUT2D eigenvalue weighted by atomic mass is 9.80. The molecule has 2 aromatic heterocycles. The van der Waals surface area contributed by atoms with Crippen LogP contribution in [0.3, 0.4) is 0 Å². The lowest BCUT2D eigenvalue weighted by molar-refractivity contribution is -0.915. The molecule has 2 aliphatic rings. The lowest BCUT2D eigenvalue weighted by Gasteiger charge is -2.40. The van der Waals surface area contributed by atoms with Crippen molar-refractivity contribution in [3.8, 4) is 0 Å². The van der Waals surface area contributed by atoms with Gasteiger partial charge in [0.2, 0.25) is 0 Å². The van der Waals surface area contributed by atoms with E-state index in [9.17, 15) is 0 Å². The minimum absolute atomic E-state index is 0.356. The number of aryl methyl sites for hydroxylation is 2. The Morgan fingerprint density at radius 2 is 1.96 bits per heavy atom. The van der Waals surface area contributed by atoms with E-state index in [2.05, 4.69) is 29.4 Å². The number of thiophene rings is 1. The standard InChI is InChI=1S/C18H26N4S/c1-22(2)18(9-4-3-5-10-18)11-19-16-15-13-7-6-8-14(13)23-17(15)21-12-20-16/h12H,3-11H2,1-2H3,(H,19,20,21)/p+1. The van der Waals surface area contributed by atoms with E-state index >= 15 is 0 Å². The van der Waals surface area contributed by atoms with Crippen molar-refractivity contribution in [2.45, 2.75) is 56.9 Å². The Morgan fingerprint density at radius 1 is 1.13 bits per heavy atom. The highest BCUT2D eigenvalue weighted by atomic mass is 32.1. The lowest BCUT2D eigenvalue weighted by Crippen LogP contribution is -3.16. The molecule has 4 rings (SSSR count). The molecule has 0 saturated heterocycles. The second kappa shape index (κ2) is 6.02. The van der Waals surface area contributed by atoms with Crippen molar-refractivity contribution in [3.63, 3.8) is 0 Å². The number of fused-ring (bicyclic) bond motifs is 3. The molecule has 2 aliphatic carbocycles. The molecule has 2 heterocycles. The Labute approximate surface area is 142 Å². The van der Waals surface area contributed by atoms with Crippen molar-refractivity contribution in [3.05, 3.63) is 16.8 Å². The summed E-state index contributed by atoms with van der Waals surface area (Å²) in [7, 11) is 4.62. The van der Waals surface area contributed by atoms with Crippen LogP contribution in [-0.4, -0.2) is 36.1 Å². The fourth-order valence-corrected chi connectivity index (χ4v) is 5.63. The summed E-state index contributed by atoms with van der Waals surface area (Å²) in [6.45, 7) is 1.02. The van der Waals surface area contributed by atoms with E-state index in [4.69, 9.17) is 0 Å². The molecule has 0 atom stereocenters. The molecule has 5 heteroatoms. The van der Waals surface area contributed by atoms with Gasteiger partial charge in [0.15, 0.2) is 0 Å². The molecule has 0 spiro atoms. The maximum Gasteiger partial charge on any atom is 0.138 e. The molecular formula is C18H27N4S+. The van der Waals surface area contributed by atoms with Gasteiger partial charge in [0.25, 0.3) is 0 Å². The number of hydrogen-bond acceptors (Lipinski definition) is 4. The van der Waals surface area contributed by atoms with Gasteiger partial charge in [0.05, 0.1) is 26.0 Å². The van der Waals surface area contributed by atoms with Crippen molar-refractivity contribution in [1.82, 2.24) is 9.97 Å². The zero-order valence-corrected chi connectivity index (χ0v) is 15.1. The number of quaternary nitrogens is 1. The SMILES string of the molecule is C[NH+](C)C1(CNc2ncnc3sc4c(c23)CCC4)CCCCC1. The molecule has 1 saturated carbocycles. The molecule has 0 unspecified atom stereocenters. The summed E-state index contributed by atoms with van der Waals surface area (Å²) in [5.41, 5.74) is 1.87. The molecule has 23 heavy (non-hydrogen) atoms. The number of hydrogen-bond donors (Lipinski definition) is 2. The van der Waals surface area contributed by atoms with Gasteiger partial charge in [-0.2, -0.15) is 0 Å². The van der Waals surface area contributed by atoms with Gasteiger partial charge in [0.1, 0.15) is 22.5 Å². The first-order valence-corrected chi connectivity index (χ1v) is 9.81. The minimum atomic E-state index is 0.356. The molecule has 0 amide bonds. The number of anilines is 1. The number of rotatable bonds is 4.